The van der Waals surface area contributed by atoms with E-state index in [1.54, 1.807) is 0 Å². The summed E-state index contributed by atoms with van der Waals surface area (Å²) in [5.41, 5.74) is -11.9. The SMILES string of the molecule is CCc1c[n+](Cc2ccccc2)ccn1.Fc1c(F)c(F)c([B-](c2c(F)c(F)c(F)c(F)c2F)(c2c(F)c(F)c(F)c(F)c2F)c2c(F)c(F)c(F)c(F)c2F)c(F)c1F. The highest BCUT2D eigenvalue weighted by molar-refractivity contribution is 7.20. The van der Waals surface area contributed by atoms with Gasteiger partial charge in [-0.25, -0.2) is 92.8 Å². The van der Waals surface area contributed by atoms with Gasteiger partial charge in [-0.3, -0.25) is 0 Å². The minimum Gasteiger partial charge on any atom is -0.249 e. The third-order valence-electron chi connectivity index (χ3n) is 9.09. The fourth-order valence-electron chi connectivity index (χ4n) is 6.43. The first-order valence-electron chi connectivity index (χ1n) is 16.2. The smallest absolute Gasteiger partial charge is 0.200 e. The number of nitrogens with zero attached hydrogens (tertiary/aromatic N) is 2. The summed E-state index contributed by atoms with van der Waals surface area (Å²) in [6, 6.07) is 10.5. The molecule has 0 amide bonds. The van der Waals surface area contributed by atoms with Gasteiger partial charge in [-0.15, -0.1) is 21.9 Å². The molecule has 6 rings (SSSR count). The lowest BCUT2D eigenvalue weighted by atomic mass is 9.12. The van der Waals surface area contributed by atoms with E-state index in [1.807, 2.05) is 18.5 Å². The first-order valence-corrected chi connectivity index (χ1v) is 16.2. The Labute approximate surface area is 321 Å². The molecule has 23 heteroatoms. The van der Waals surface area contributed by atoms with Crippen molar-refractivity contribution < 1.29 is 92.4 Å². The van der Waals surface area contributed by atoms with Crippen LogP contribution in [-0.2, 0) is 13.0 Å². The van der Waals surface area contributed by atoms with Crippen LogP contribution in [0.5, 0.6) is 0 Å². The van der Waals surface area contributed by atoms with E-state index >= 15 is 35.1 Å². The van der Waals surface area contributed by atoms with E-state index in [4.69, 9.17) is 0 Å². The summed E-state index contributed by atoms with van der Waals surface area (Å²) in [6.07, 6.45) is -0.262. The molecule has 0 radical (unpaired) electrons. The van der Waals surface area contributed by atoms with Gasteiger partial charge < -0.3 is 0 Å². The molecule has 1 heterocycles. The van der Waals surface area contributed by atoms with Gasteiger partial charge in [-0.2, -0.15) is 4.57 Å². The number of benzene rings is 5. The highest BCUT2D eigenvalue weighted by Crippen LogP contribution is 2.30. The van der Waals surface area contributed by atoms with Crippen molar-refractivity contribution in [1.29, 1.82) is 0 Å². The van der Waals surface area contributed by atoms with Crippen LogP contribution in [-0.4, -0.2) is 11.1 Å². The fourth-order valence-corrected chi connectivity index (χ4v) is 6.43. The number of halogens is 20. The third kappa shape index (κ3) is 7.05. The highest BCUT2D eigenvalue weighted by atomic mass is 19.2. The van der Waals surface area contributed by atoms with Crippen molar-refractivity contribution in [1.82, 2.24) is 4.98 Å². The van der Waals surface area contributed by atoms with Crippen LogP contribution in [0.1, 0.15) is 18.2 Å². The number of hydrogen-bond donors (Lipinski definition) is 0. The quantitative estimate of drug-likeness (QED) is 0.0526. The van der Waals surface area contributed by atoms with Crippen molar-refractivity contribution in [3.05, 3.63) is 177 Å². The monoisotopic (exact) mass is 878 g/mol. The van der Waals surface area contributed by atoms with Crippen molar-refractivity contribution in [3.8, 4) is 0 Å². The van der Waals surface area contributed by atoms with Crippen LogP contribution in [0.25, 0.3) is 0 Å². The molecule has 0 bridgehead atoms. The number of rotatable bonds is 7. The Balaban J connectivity index is 0.000000379. The number of aryl methyl sites for hydroxylation is 1. The van der Waals surface area contributed by atoms with Gasteiger partial charge in [0, 0.05) is 5.56 Å². The Morgan fingerprint density at radius 1 is 0.400 bits per heavy atom. The lowest BCUT2D eigenvalue weighted by Crippen LogP contribution is -2.81. The van der Waals surface area contributed by atoms with Crippen molar-refractivity contribution in [2.45, 2.75) is 19.9 Å². The van der Waals surface area contributed by atoms with E-state index in [0.717, 1.165) is 18.7 Å². The minimum atomic E-state index is -7.22. The molecule has 0 fully saturated rings. The second-order valence-electron chi connectivity index (χ2n) is 12.4. The molecule has 5 aromatic carbocycles. The Hall–Kier alpha value is -6.16. The number of hydrogen-bond acceptors (Lipinski definition) is 1. The first-order chi connectivity index (χ1) is 28.1. The van der Waals surface area contributed by atoms with Gasteiger partial charge in [0.15, 0.2) is 88.7 Å². The summed E-state index contributed by atoms with van der Waals surface area (Å²) in [4.78, 5) is 4.28. The van der Waals surface area contributed by atoms with Crippen LogP contribution < -0.4 is 26.4 Å². The lowest BCUT2D eigenvalue weighted by molar-refractivity contribution is -0.689. The zero-order chi connectivity index (χ0) is 44.9. The molecule has 0 spiro atoms. The molecule has 0 aliphatic carbocycles. The van der Waals surface area contributed by atoms with Crippen LogP contribution in [0.4, 0.5) is 87.8 Å². The summed E-state index contributed by atoms with van der Waals surface area (Å²) in [7, 11) is 0. The van der Waals surface area contributed by atoms with Gasteiger partial charge in [0.2, 0.25) is 0 Å². The Morgan fingerprint density at radius 2 is 0.667 bits per heavy atom. The lowest BCUT2D eigenvalue weighted by Gasteiger charge is -2.44. The molecular weight excluding hydrogens is 863 g/mol. The summed E-state index contributed by atoms with van der Waals surface area (Å²) in [5.74, 6) is -71.4. The summed E-state index contributed by atoms with van der Waals surface area (Å²) < 4.78 is 296. The van der Waals surface area contributed by atoms with E-state index in [-0.39, 0.29) is 0 Å². The molecule has 0 saturated carbocycles. The topological polar surface area (TPSA) is 16.8 Å². The third-order valence-corrected chi connectivity index (χ3v) is 9.09. The molecule has 316 valence electrons. The molecule has 0 unspecified atom stereocenters. The van der Waals surface area contributed by atoms with E-state index in [2.05, 4.69) is 46.9 Å². The summed E-state index contributed by atoms with van der Waals surface area (Å²) in [5, 5.41) is 0. The molecule has 1 aromatic heterocycles. The molecule has 0 N–H and O–H groups in total. The van der Waals surface area contributed by atoms with E-state index in [1.165, 1.54) is 5.56 Å². The van der Waals surface area contributed by atoms with Crippen LogP contribution in [0, 0.1) is 116 Å². The predicted octanol–water partition coefficient (Wildman–Crippen LogP) is 7.83. The summed E-state index contributed by atoms with van der Waals surface area (Å²) in [6.45, 7) is 3.03. The highest BCUT2D eigenvalue weighted by Gasteiger charge is 2.52. The Morgan fingerprint density at radius 3 is 0.933 bits per heavy atom. The van der Waals surface area contributed by atoms with E-state index in [0.29, 0.717) is 0 Å². The molecule has 0 aliphatic rings. The molecule has 0 aliphatic heterocycles. The average Bonchev–Trinajstić information content (AvgIpc) is 3.24. The Kier molecular flexibility index (Phi) is 12.6. The Bertz CT molecular complexity index is 2290. The van der Waals surface area contributed by atoms with E-state index in [9.17, 15) is 52.7 Å². The largest absolute Gasteiger partial charge is 0.249 e. The molecule has 60 heavy (non-hydrogen) atoms. The van der Waals surface area contributed by atoms with Crippen LogP contribution in [0.3, 0.4) is 0 Å². The molecule has 0 atom stereocenters. The van der Waals surface area contributed by atoms with Gasteiger partial charge >= 0.3 is 0 Å². The van der Waals surface area contributed by atoms with Gasteiger partial charge in [0.25, 0.3) is 0 Å². The average molecular weight is 878 g/mol. The summed E-state index contributed by atoms with van der Waals surface area (Å²) >= 11 is 0. The maximum atomic E-state index is 15.4. The van der Waals surface area contributed by atoms with Crippen LogP contribution in [0.15, 0.2) is 48.9 Å². The minimum absolute atomic E-state index is 0.913. The van der Waals surface area contributed by atoms with E-state index < -0.39 is 144 Å². The fraction of sp³-hybridized carbons (Fsp3) is 0.0811. The van der Waals surface area contributed by atoms with Crippen molar-refractivity contribution in [3.63, 3.8) is 0 Å². The van der Waals surface area contributed by atoms with Gasteiger partial charge in [-0.05, 0) is 6.42 Å². The zero-order valence-electron chi connectivity index (χ0n) is 29.1. The van der Waals surface area contributed by atoms with Crippen molar-refractivity contribution in [2.75, 3.05) is 0 Å². The molecular formula is C37H15BF20N2. The molecule has 6 aromatic rings. The maximum absolute atomic E-state index is 15.4. The van der Waals surface area contributed by atoms with Crippen molar-refractivity contribution in [2.24, 2.45) is 0 Å². The van der Waals surface area contributed by atoms with Gasteiger partial charge in [0.05, 0.1) is 6.20 Å². The number of aromatic nitrogens is 2. The standard InChI is InChI=1S/C24BF20.C13H15N2/c26-5-1(6(27)14(35)21(42)13(5)34)25(2-7(28)15(36)22(43)16(37)8(2)29,3-9(30)17(38)23(44)18(39)10(3)31)4-11(32)19(40)24(45)20(41)12(4)33;1-2-13-11-15(9-8-14-13)10-12-6-4-3-5-7-12/h;3-9,11H,2,10H2,1H3/q-1;+1. The maximum Gasteiger partial charge on any atom is 0.200 e. The van der Waals surface area contributed by atoms with Crippen molar-refractivity contribution >= 4 is 28.0 Å². The van der Waals surface area contributed by atoms with Gasteiger partial charge in [-0.1, -0.05) is 37.3 Å². The van der Waals surface area contributed by atoms with Crippen LogP contribution in [0.2, 0.25) is 0 Å². The predicted molar refractivity (Wildman–Crippen MR) is 169 cm³/mol. The first kappa shape index (κ1) is 44.9. The molecule has 2 nitrogen and oxygen atoms in total. The normalized spacial score (nSPS) is 11.6. The molecule has 0 saturated heterocycles. The van der Waals surface area contributed by atoms with Crippen LogP contribution >= 0.6 is 0 Å². The zero-order valence-corrected chi connectivity index (χ0v) is 29.1. The second-order valence-corrected chi connectivity index (χ2v) is 12.4. The van der Waals surface area contributed by atoms with Gasteiger partial charge in [0.1, 0.15) is 58.4 Å². The second kappa shape index (κ2) is 16.8.